The van der Waals surface area contributed by atoms with E-state index in [0.717, 1.165) is 9.80 Å². The van der Waals surface area contributed by atoms with Gasteiger partial charge in [-0.15, -0.1) is 0 Å². The monoisotopic (exact) mass is 688 g/mol. The van der Waals surface area contributed by atoms with Gasteiger partial charge in [-0.2, -0.15) is 0 Å². The van der Waals surface area contributed by atoms with Crippen molar-refractivity contribution < 1.29 is 47.7 Å². The van der Waals surface area contributed by atoms with Crippen LogP contribution in [0.5, 0.6) is 0 Å². The Balaban J connectivity index is 1.10. The van der Waals surface area contributed by atoms with Crippen LogP contribution in [0.2, 0.25) is 0 Å². The molecule has 7 rings (SSSR count). The third kappa shape index (κ3) is 6.19. The van der Waals surface area contributed by atoms with Crippen molar-refractivity contribution in [1.29, 1.82) is 0 Å². The van der Waals surface area contributed by atoms with E-state index in [4.69, 9.17) is 18.9 Å². The Morgan fingerprint density at radius 1 is 0.529 bits per heavy atom. The number of carbonyl (C=O) groups is 6. The lowest BCUT2D eigenvalue weighted by Gasteiger charge is -2.45. The Kier molecular flexibility index (Phi) is 8.79. The normalized spacial score (nSPS) is 25.0. The van der Waals surface area contributed by atoms with Gasteiger partial charge in [-0.3, -0.25) is 29.0 Å². The maximum absolute atomic E-state index is 13.7. The van der Waals surface area contributed by atoms with Crippen LogP contribution in [-0.2, 0) is 38.1 Å². The molecule has 6 atom stereocenters. The molecule has 0 saturated carbocycles. The van der Waals surface area contributed by atoms with Gasteiger partial charge in [-0.1, -0.05) is 97.1 Å². The third-order valence-electron chi connectivity index (χ3n) is 8.90. The predicted octanol–water partition coefficient (Wildman–Crippen LogP) is 4.18. The van der Waals surface area contributed by atoms with Crippen molar-refractivity contribution in [2.24, 2.45) is 0 Å². The molecule has 3 fully saturated rings. The average molecular weight is 689 g/mol. The molecule has 3 aliphatic heterocycles. The molecule has 12 heteroatoms. The zero-order chi connectivity index (χ0) is 35.9. The minimum absolute atomic E-state index is 0.275. The third-order valence-corrected chi connectivity index (χ3v) is 8.90. The molecule has 0 N–H and O–H groups in total. The topological polar surface area (TPSA) is 146 Å². The molecule has 3 heterocycles. The van der Waals surface area contributed by atoms with Crippen LogP contribution in [0.15, 0.2) is 121 Å². The number of carbonyl (C=O) groups excluding carboxylic acids is 6. The van der Waals surface area contributed by atoms with E-state index in [9.17, 15) is 28.8 Å². The van der Waals surface area contributed by atoms with Crippen molar-refractivity contribution in [1.82, 2.24) is 9.80 Å². The van der Waals surface area contributed by atoms with Crippen LogP contribution < -0.4 is 0 Å². The first-order valence-electron chi connectivity index (χ1n) is 16.3. The number of rotatable bonds is 8. The quantitative estimate of drug-likeness (QED) is 0.150. The number of esters is 2. The van der Waals surface area contributed by atoms with Gasteiger partial charge in [0.25, 0.3) is 23.6 Å². The molecule has 0 aromatic heterocycles. The maximum Gasteiger partial charge on any atom is 0.339 e. The number of hydrogen-bond acceptors (Lipinski definition) is 10. The summed E-state index contributed by atoms with van der Waals surface area (Å²) >= 11 is 0. The fourth-order valence-electron chi connectivity index (χ4n) is 6.49. The Morgan fingerprint density at radius 3 is 1.18 bits per heavy atom. The molecule has 0 spiro atoms. The highest BCUT2D eigenvalue weighted by Crippen LogP contribution is 2.41. The first-order valence-corrected chi connectivity index (χ1v) is 16.3. The van der Waals surface area contributed by atoms with Crippen LogP contribution in [0.25, 0.3) is 0 Å². The van der Waals surface area contributed by atoms with Gasteiger partial charge < -0.3 is 18.9 Å². The lowest BCUT2D eigenvalue weighted by Crippen LogP contribution is -2.63. The lowest BCUT2D eigenvalue weighted by atomic mass is 9.89. The summed E-state index contributed by atoms with van der Waals surface area (Å²) in [5.74, 6) is -6.31. The van der Waals surface area contributed by atoms with E-state index in [0.29, 0.717) is 11.1 Å². The Bertz CT molecular complexity index is 1840. The molecule has 4 amide bonds. The zero-order valence-electron chi connectivity index (χ0n) is 27.5. The molecule has 258 valence electrons. The van der Waals surface area contributed by atoms with Crippen LogP contribution in [-0.4, -0.2) is 75.6 Å². The van der Waals surface area contributed by atoms with E-state index in [-0.39, 0.29) is 11.1 Å². The van der Waals surface area contributed by atoms with Crippen molar-refractivity contribution in [2.75, 3.05) is 0 Å². The van der Waals surface area contributed by atoms with E-state index in [1.165, 1.54) is 13.8 Å². The number of nitrogens with zero attached hydrogens (tertiary/aromatic N) is 2. The Labute approximate surface area is 292 Å². The van der Waals surface area contributed by atoms with E-state index in [1.807, 2.05) is 0 Å². The summed E-state index contributed by atoms with van der Waals surface area (Å²) in [4.78, 5) is 83.1. The van der Waals surface area contributed by atoms with Gasteiger partial charge in [-0.05, 0) is 49.2 Å². The molecule has 0 bridgehead atoms. The summed E-state index contributed by atoms with van der Waals surface area (Å²) < 4.78 is 22.9. The van der Waals surface area contributed by atoms with Gasteiger partial charge in [-0.25, -0.2) is 9.59 Å². The fourth-order valence-corrected chi connectivity index (χ4v) is 6.49. The summed E-state index contributed by atoms with van der Waals surface area (Å²) in [5, 5.41) is 0. The Hall–Kier alpha value is -5.98. The maximum atomic E-state index is 13.7. The summed E-state index contributed by atoms with van der Waals surface area (Å²) in [6.07, 6.45) is -6.21. The molecule has 3 saturated heterocycles. The highest BCUT2D eigenvalue weighted by atomic mass is 16.8. The smallest absolute Gasteiger partial charge is 0.339 e. The minimum atomic E-state index is -1.69. The summed E-state index contributed by atoms with van der Waals surface area (Å²) in [6.45, 7) is 2.95. The van der Waals surface area contributed by atoms with Gasteiger partial charge in [0.1, 0.15) is 12.1 Å². The van der Waals surface area contributed by atoms with Crippen molar-refractivity contribution in [3.05, 3.63) is 144 Å². The summed E-state index contributed by atoms with van der Waals surface area (Å²) in [6, 6.07) is 31.8. The van der Waals surface area contributed by atoms with Crippen molar-refractivity contribution in [3.63, 3.8) is 0 Å². The van der Waals surface area contributed by atoms with Gasteiger partial charge in [0.2, 0.25) is 12.2 Å². The largest absolute Gasteiger partial charge is 0.448 e. The summed E-state index contributed by atoms with van der Waals surface area (Å²) in [7, 11) is 0. The highest BCUT2D eigenvalue weighted by Gasteiger charge is 2.59. The molecular formula is C39H32N2O10. The van der Waals surface area contributed by atoms with E-state index >= 15 is 0 Å². The highest BCUT2D eigenvalue weighted by molar-refractivity contribution is 6.12. The number of amides is 4. The molecule has 51 heavy (non-hydrogen) atoms. The molecule has 12 nitrogen and oxygen atoms in total. The SMILES string of the molecule is CC1(C)O[C@@H](C(=O)O[C@H]2C(=O)N(C(=O)c3ccccc3)[C@H]2c2ccccc2)[C@H](C(=O)O[C@H]2C(=O)N(C(=O)c3ccccc3)[C@H]2c2ccccc2)O1. The molecular weight excluding hydrogens is 656 g/mol. The summed E-state index contributed by atoms with van der Waals surface area (Å²) in [5.41, 5.74) is 1.64. The van der Waals surface area contributed by atoms with Gasteiger partial charge in [0.15, 0.2) is 18.0 Å². The van der Waals surface area contributed by atoms with Crippen LogP contribution in [0, 0.1) is 0 Å². The number of benzene rings is 4. The lowest BCUT2D eigenvalue weighted by molar-refractivity contribution is -0.190. The molecule has 0 unspecified atom stereocenters. The second kappa shape index (κ2) is 13.4. The van der Waals surface area contributed by atoms with Crippen LogP contribution in [0.4, 0.5) is 0 Å². The number of ether oxygens (including phenoxy) is 4. The first-order chi connectivity index (χ1) is 24.6. The predicted molar refractivity (Wildman–Crippen MR) is 177 cm³/mol. The number of imide groups is 2. The average Bonchev–Trinajstić information content (AvgIpc) is 3.49. The molecule has 0 aliphatic carbocycles. The first kappa shape index (κ1) is 33.5. The van der Waals surface area contributed by atoms with Crippen molar-refractivity contribution >= 4 is 35.6 Å². The molecule has 0 radical (unpaired) electrons. The zero-order valence-corrected chi connectivity index (χ0v) is 27.5. The van der Waals surface area contributed by atoms with Crippen LogP contribution in [0.1, 0.15) is 57.8 Å². The second-order valence-corrected chi connectivity index (χ2v) is 12.7. The van der Waals surface area contributed by atoms with E-state index in [2.05, 4.69) is 0 Å². The minimum Gasteiger partial charge on any atom is -0.448 e. The van der Waals surface area contributed by atoms with Crippen molar-refractivity contribution in [2.45, 2.75) is 56.1 Å². The van der Waals surface area contributed by atoms with Gasteiger partial charge in [0, 0.05) is 11.1 Å². The second-order valence-electron chi connectivity index (χ2n) is 12.7. The van der Waals surface area contributed by atoms with E-state index in [1.54, 1.807) is 121 Å². The van der Waals surface area contributed by atoms with E-state index < -0.39 is 77.9 Å². The fraction of sp³-hybridized carbons (Fsp3) is 0.231. The van der Waals surface area contributed by atoms with Gasteiger partial charge >= 0.3 is 11.9 Å². The van der Waals surface area contributed by atoms with Crippen molar-refractivity contribution in [3.8, 4) is 0 Å². The molecule has 3 aliphatic rings. The number of hydrogen-bond donors (Lipinski definition) is 0. The van der Waals surface area contributed by atoms with Gasteiger partial charge in [0.05, 0.1) is 0 Å². The van der Waals surface area contributed by atoms with Crippen LogP contribution in [0.3, 0.4) is 0 Å². The van der Waals surface area contributed by atoms with Crippen LogP contribution >= 0.6 is 0 Å². The number of β-lactam (4-membered cyclic amide) rings is 2. The molecule has 4 aromatic carbocycles. The molecule has 4 aromatic rings. The number of likely N-dealkylation sites (tertiary alicyclic amines) is 2. The standard InChI is InChI=1S/C39H32N2O10/c1-39(2)50-31(37(46)48-29-27(23-15-7-3-8-16-23)40(35(29)44)33(42)25-19-11-5-12-20-25)32(51-39)38(47)49-30-28(24-17-9-4-10-18-24)41(36(30)45)34(43)26-21-13-6-14-22-26/h3-22,27-32H,1-2H3/t27-,28-,29+,30+,31+,32+/m0/s1. The Morgan fingerprint density at radius 2 is 0.843 bits per heavy atom.